The number of hydrogen-bond donors (Lipinski definition) is 2. The highest BCUT2D eigenvalue weighted by Gasteiger charge is 2.30. The molecule has 156 valence electrons. The lowest BCUT2D eigenvalue weighted by Gasteiger charge is -2.37. The Labute approximate surface area is 183 Å². The Morgan fingerprint density at radius 1 is 1.21 bits per heavy atom. The van der Waals surface area contributed by atoms with Crippen molar-refractivity contribution in [2.24, 2.45) is 0 Å². The second kappa shape index (κ2) is 9.57. The number of aromatic amines is 1. The number of nitrogens with zero attached hydrogens (tertiary/aromatic N) is 3. The lowest BCUT2D eigenvalue weighted by atomic mass is 9.99. The molecule has 0 spiro atoms. The molecule has 1 aliphatic heterocycles. The summed E-state index contributed by atoms with van der Waals surface area (Å²) in [6, 6.07) is 10.5. The van der Waals surface area contributed by atoms with Crippen molar-refractivity contribution in [2.75, 3.05) is 19.6 Å². The van der Waals surface area contributed by atoms with Crippen molar-refractivity contribution in [3.63, 3.8) is 0 Å². The SMILES string of the molecule is CCc1ccc(C2CNCCN2C(=O)c2cc(C)nc3n[nH]c(C)c23)cc1.Cl.Cl. The number of amides is 1. The fourth-order valence-corrected chi connectivity index (χ4v) is 3.84. The molecule has 4 rings (SSSR count). The first-order valence-electron chi connectivity index (χ1n) is 9.51. The minimum Gasteiger partial charge on any atom is -0.329 e. The van der Waals surface area contributed by atoms with Gasteiger partial charge in [-0.05, 0) is 37.5 Å². The van der Waals surface area contributed by atoms with Crippen molar-refractivity contribution in [1.82, 2.24) is 25.4 Å². The molecule has 0 bridgehead atoms. The standard InChI is InChI=1S/C21H25N5O.2ClH/c1-4-15-5-7-16(8-6-15)18-12-22-9-10-26(18)21(27)17-11-13(2)23-20-19(17)14(3)24-25-20;;/h5-8,11,18,22H,4,9-10,12H2,1-3H3,(H,23,24,25);2*1H. The number of carbonyl (C=O) groups is 1. The van der Waals surface area contributed by atoms with Gasteiger partial charge in [-0.25, -0.2) is 4.98 Å². The van der Waals surface area contributed by atoms with Crippen molar-refractivity contribution in [3.05, 3.63) is 58.4 Å². The third-order valence-electron chi connectivity index (χ3n) is 5.34. The summed E-state index contributed by atoms with van der Waals surface area (Å²) in [5, 5.41) is 11.5. The summed E-state index contributed by atoms with van der Waals surface area (Å²) in [7, 11) is 0. The lowest BCUT2D eigenvalue weighted by molar-refractivity contribution is 0.0636. The summed E-state index contributed by atoms with van der Waals surface area (Å²) in [4.78, 5) is 20.0. The molecule has 0 saturated carbocycles. The molecule has 6 nitrogen and oxygen atoms in total. The average molecular weight is 436 g/mol. The minimum absolute atomic E-state index is 0. The molecule has 1 amide bonds. The van der Waals surface area contributed by atoms with Crippen LogP contribution in [0.3, 0.4) is 0 Å². The van der Waals surface area contributed by atoms with Gasteiger partial charge in [0.2, 0.25) is 0 Å². The summed E-state index contributed by atoms with van der Waals surface area (Å²) < 4.78 is 0. The number of piperazine rings is 1. The zero-order chi connectivity index (χ0) is 19.0. The summed E-state index contributed by atoms with van der Waals surface area (Å²) in [6.45, 7) is 8.22. The van der Waals surface area contributed by atoms with E-state index in [9.17, 15) is 4.79 Å². The van der Waals surface area contributed by atoms with Crippen LogP contribution in [0, 0.1) is 13.8 Å². The van der Waals surface area contributed by atoms with Gasteiger partial charge in [0.15, 0.2) is 5.65 Å². The van der Waals surface area contributed by atoms with E-state index in [1.165, 1.54) is 11.1 Å². The molecular weight excluding hydrogens is 409 g/mol. The molecule has 3 heterocycles. The van der Waals surface area contributed by atoms with E-state index in [1.54, 1.807) is 0 Å². The molecule has 8 heteroatoms. The number of carbonyl (C=O) groups excluding carboxylic acids is 1. The van der Waals surface area contributed by atoms with Crippen molar-refractivity contribution >= 4 is 41.8 Å². The van der Waals surface area contributed by atoms with E-state index in [0.29, 0.717) is 17.8 Å². The first-order valence-corrected chi connectivity index (χ1v) is 9.51. The Morgan fingerprint density at radius 2 is 1.93 bits per heavy atom. The topological polar surface area (TPSA) is 73.9 Å². The molecule has 0 radical (unpaired) electrons. The number of H-pyrrole nitrogens is 1. The van der Waals surface area contributed by atoms with E-state index in [2.05, 4.69) is 51.7 Å². The highest BCUT2D eigenvalue weighted by atomic mass is 35.5. The molecule has 1 atom stereocenters. The van der Waals surface area contributed by atoms with Crippen LogP contribution in [-0.2, 0) is 6.42 Å². The smallest absolute Gasteiger partial charge is 0.255 e. The van der Waals surface area contributed by atoms with E-state index in [4.69, 9.17) is 0 Å². The van der Waals surface area contributed by atoms with Gasteiger partial charge in [0.25, 0.3) is 5.91 Å². The van der Waals surface area contributed by atoms with E-state index in [1.807, 2.05) is 24.8 Å². The van der Waals surface area contributed by atoms with Crippen LogP contribution < -0.4 is 5.32 Å². The summed E-state index contributed by atoms with van der Waals surface area (Å²) in [5.41, 5.74) is 5.44. The monoisotopic (exact) mass is 435 g/mol. The van der Waals surface area contributed by atoms with Gasteiger partial charge in [0, 0.05) is 31.0 Å². The van der Waals surface area contributed by atoms with Crippen LogP contribution in [0.2, 0.25) is 0 Å². The van der Waals surface area contributed by atoms with Gasteiger partial charge in [-0.1, -0.05) is 31.2 Å². The molecule has 2 aromatic heterocycles. The number of pyridine rings is 1. The Balaban J connectivity index is 0.00000150. The maximum absolute atomic E-state index is 13.6. The van der Waals surface area contributed by atoms with Gasteiger partial charge >= 0.3 is 0 Å². The maximum Gasteiger partial charge on any atom is 0.255 e. The zero-order valence-electron chi connectivity index (χ0n) is 16.9. The van der Waals surface area contributed by atoms with Crippen LogP contribution >= 0.6 is 24.8 Å². The van der Waals surface area contributed by atoms with Crippen LogP contribution in [0.15, 0.2) is 30.3 Å². The average Bonchev–Trinajstić information content (AvgIpc) is 3.07. The number of benzene rings is 1. The molecular formula is C21H27Cl2N5O. The van der Waals surface area contributed by atoms with Crippen LogP contribution in [0.25, 0.3) is 11.0 Å². The number of fused-ring (bicyclic) bond motifs is 1. The highest BCUT2D eigenvalue weighted by Crippen LogP contribution is 2.28. The predicted molar refractivity (Wildman–Crippen MR) is 120 cm³/mol. The van der Waals surface area contributed by atoms with Gasteiger partial charge in [-0.3, -0.25) is 9.89 Å². The van der Waals surface area contributed by atoms with Gasteiger partial charge < -0.3 is 10.2 Å². The third kappa shape index (κ3) is 4.39. The first-order chi connectivity index (χ1) is 13.1. The third-order valence-corrected chi connectivity index (χ3v) is 5.34. The van der Waals surface area contributed by atoms with Gasteiger partial charge in [0.1, 0.15) is 0 Å². The van der Waals surface area contributed by atoms with Crippen molar-refractivity contribution < 1.29 is 4.79 Å². The fraction of sp³-hybridized carbons (Fsp3) is 0.381. The first kappa shape index (κ1) is 23.1. The molecule has 3 aromatic rings. The second-order valence-corrected chi connectivity index (χ2v) is 7.17. The molecule has 2 N–H and O–H groups in total. The van der Waals surface area contributed by atoms with Crippen molar-refractivity contribution in [2.45, 2.75) is 33.2 Å². The number of halogens is 2. The van der Waals surface area contributed by atoms with E-state index in [0.717, 1.165) is 36.3 Å². The van der Waals surface area contributed by atoms with E-state index in [-0.39, 0.29) is 36.8 Å². The molecule has 29 heavy (non-hydrogen) atoms. The molecule has 1 unspecified atom stereocenters. The number of aryl methyl sites for hydroxylation is 3. The van der Waals surface area contributed by atoms with Gasteiger partial charge in [0.05, 0.1) is 17.0 Å². The fourth-order valence-electron chi connectivity index (χ4n) is 3.84. The summed E-state index contributed by atoms with van der Waals surface area (Å²) >= 11 is 0. The number of nitrogens with one attached hydrogen (secondary N) is 2. The quantitative estimate of drug-likeness (QED) is 0.656. The number of hydrogen-bond acceptors (Lipinski definition) is 4. The molecule has 1 fully saturated rings. The highest BCUT2D eigenvalue weighted by molar-refractivity contribution is 6.06. The normalized spacial score (nSPS) is 16.2. The molecule has 1 aliphatic rings. The summed E-state index contributed by atoms with van der Waals surface area (Å²) in [6.07, 6.45) is 1.01. The number of aromatic nitrogens is 3. The van der Waals surface area contributed by atoms with Crippen LogP contribution in [0.4, 0.5) is 0 Å². The Bertz CT molecular complexity index is 987. The van der Waals surface area contributed by atoms with Gasteiger partial charge in [-0.2, -0.15) is 5.10 Å². The van der Waals surface area contributed by atoms with E-state index >= 15 is 0 Å². The minimum atomic E-state index is 0. The maximum atomic E-state index is 13.6. The van der Waals surface area contributed by atoms with Crippen LogP contribution in [-0.4, -0.2) is 45.6 Å². The molecule has 1 aromatic carbocycles. The molecule has 0 aliphatic carbocycles. The number of rotatable bonds is 3. The van der Waals surface area contributed by atoms with Gasteiger partial charge in [-0.15, -0.1) is 24.8 Å². The Kier molecular flexibility index (Phi) is 7.63. The second-order valence-electron chi connectivity index (χ2n) is 7.17. The Morgan fingerprint density at radius 3 is 2.62 bits per heavy atom. The van der Waals surface area contributed by atoms with E-state index < -0.39 is 0 Å². The van der Waals surface area contributed by atoms with Crippen molar-refractivity contribution in [3.8, 4) is 0 Å². The predicted octanol–water partition coefficient (Wildman–Crippen LogP) is 3.77. The summed E-state index contributed by atoms with van der Waals surface area (Å²) in [5.74, 6) is 0.0427. The van der Waals surface area contributed by atoms with Crippen LogP contribution in [0.1, 0.15) is 45.8 Å². The Hall–Kier alpha value is -2.15. The lowest BCUT2D eigenvalue weighted by Crippen LogP contribution is -2.48. The molecule has 1 saturated heterocycles. The zero-order valence-corrected chi connectivity index (χ0v) is 18.5. The largest absolute Gasteiger partial charge is 0.329 e. The van der Waals surface area contributed by atoms with Crippen LogP contribution in [0.5, 0.6) is 0 Å². The van der Waals surface area contributed by atoms with Crippen molar-refractivity contribution in [1.29, 1.82) is 0 Å².